The Kier molecular flexibility index (Phi) is 4.87. The van der Waals surface area contributed by atoms with Crippen LogP contribution < -0.4 is 5.32 Å². The van der Waals surface area contributed by atoms with Crippen LogP contribution in [0.4, 0.5) is 4.39 Å². The summed E-state index contributed by atoms with van der Waals surface area (Å²) in [7, 11) is 0. The zero-order valence-corrected chi connectivity index (χ0v) is 13.2. The van der Waals surface area contributed by atoms with Gasteiger partial charge in [0.25, 0.3) is 5.91 Å². The summed E-state index contributed by atoms with van der Waals surface area (Å²) in [5, 5.41) is 2.85. The molecule has 1 N–H and O–H groups in total. The number of hydrogen-bond donors (Lipinski definition) is 1. The fourth-order valence-corrected chi connectivity index (χ4v) is 3.36. The molecule has 0 radical (unpaired) electrons. The Balaban J connectivity index is 1.87. The van der Waals surface area contributed by atoms with Gasteiger partial charge in [-0.3, -0.25) is 4.79 Å². The molecule has 19 heavy (non-hydrogen) atoms. The highest BCUT2D eigenvalue weighted by Crippen LogP contribution is 2.19. The number of halogens is 2. The second-order valence-electron chi connectivity index (χ2n) is 4.01. The molecule has 0 aliphatic carbocycles. The van der Waals surface area contributed by atoms with Crippen molar-refractivity contribution in [1.29, 1.82) is 0 Å². The topological polar surface area (TPSA) is 42.0 Å². The van der Waals surface area contributed by atoms with E-state index in [1.165, 1.54) is 23.5 Å². The smallest absolute Gasteiger partial charge is 0.263 e. The predicted octanol–water partition coefficient (Wildman–Crippen LogP) is 3.17. The molecule has 0 saturated carbocycles. The van der Waals surface area contributed by atoms with Gasteiger partial charge in [0.1, 0.15) is 10.7 Å². The Morgan fingerprint density at radius 1 is 1.42 bits per heavy atom. The summed E-state index contributed by atoms with van der Waals surface area (Å²) in [5.74, 6) is -0.345. The molecule has 100 valence electrons. The van der Waals surface area contributed by atoms with Crippen molar-refractivity contribution in [2.45, 2.75) is 13.3 Å². The van der Waals surface area contributed by atoms with E-state index in [9.17, 15) is 9.18 Å². The van der Waals surface area contributed by atoms with Gasteiger partial charge in [-0.2, -0.15) is 0 Å². The molecule has 2 aromatic rings. The minimum absolute atomic E-state index is 0.0972. The minimum atomic E-state index is -0.248. The molecule has 0 aliphatic heterocycles. The van der Waals surface area contributed by atoms with Gasteiger partial charge in [-0.05, 0) is 53.6 Å². The van der Waals surface area contributed by atoms with Crippen LogP contribution in [0.1, 0.15) is 20.9 Å². The number of hydrogen-bond acceptors (Lipinski definition) is 3. The van der Waals surface area contributed by atoms with Crippen LogP contribution in [0.3, 0.4) is 0 Å². The number of benzene rings is 1. The van der Waals surface area contributed by atoms with E-state index in [1.807, 2.05) is 6.92 Å². The van der Waals surface area contributed by atoms with E-state index in [4.69, 9.17) is 0 Å². The molecule has 6 heteroatoms. The third-order valence-electron chi connectivity index (χ3n) is 2.59. The van der Waals surface area contributed by atoms with Crippen molar-refractivity contribution in [1.82, 2.24) is 10.3 Å². The molecule has 1 amide bonds. The maximum atomic E-state index is 12.7. The lowest BCUT2D eigenvalue weighted by Gasteiger charge is -2.04. The summed E-state index contributed by atoms with van der Waals surface area (Å²) in [6, 6.07) is 6.30. The van der Waals surface area contributed by atoms with E-state index in [0.717, 1.165) is 14.3 Å². The molecule has 0 fully saturated rings. The first-order valence-electron chi connectivity index (χ1n) is 5.72. The predicted molar refractivity (Wildman–Crippen MR) is 82.0 cm³/mol. The second kappa shape index (κ2) is 6.42. The van der Waals surface area contributed by atoms with E-state index in [-0.39, 0.29) is 11.7 Å². The SMILES string of the molecule is Cc1nc(I)sc1C(=O)NCCc1ccc(F)cc1. The molecule has 0 spiro atoms. The number of rotatable bonds is 4. The highest BCUT2D eigenvalue weighted by atomic mass is 127. The van der Waals surface area contributed by atoms with E-state index < -0.39 is 0 Å². The summed E-state index contributed by atoms with van der Waals surface area (Å²) < 4.78 is 13.6. The van der Waals surface area contributed by atoms with Crippen molar-refractivity contribution in [2.75, 3.05) is 6.54 Å². The minimum Gasteiger partial charge on any atom is -0.351 e. The van der Waals surface area contributed by atoms with Crippen LogP contribution in [0.15, 0.2) is 24.3 Å². The first kappa shape index (κ1) is 14.4. The summed E-state index contributed by atoms with van der Waals surface area (Å²) in [6.45, 7) is 2.35. The maximum Gasteiger partial charge on any atom is 0.263 e. The number of nitrogens with one attached hydrogen (secondary N) is 1. The molecule has 0 atom stereocenters. The van der Waals surface area contributed by atoms with E-state index in [2.05, 4.69) is 32.9 Å². The van der Waals surface area contributed by atoms with Crippen molar-refractivity contribution in [3.63, 3.8) is 0 Å². The van der Waals surface area contributed by atoms with Gasteiger partial charge < -0.3 is 5.32 Å². The van der Waals surface area contributed by atoms with Gasteiger partial charge in [0.2, 0.25) is 0 Å². The lowest BCUT2D eigenvalue weighted by Crippen LogP contribution is -2.25. The van der Waals surface area contributed by atoms with Gasteiger partial charge in [0.15, 0.2) is 3.01 Å². The quantitative estimate of drug-likeness (QED) is 0.816. The third kappa shape index (κ3) is 3.97. The number of amides is 1. The van der Waals surface area contributed by atoms with Crippen LogP contribution in [0, 0.1) is 15.8 Å². The Hall–Kier alpha value is -1.02. The molecule has 3 nitrogen and oxygen atoms in total. The number of aromatic nitrogens is 1. The summed E-state index contributed by atoms with van der Waals surface area (Å²) >= 11 is 3.49. The van der Waals surface area contributed by atoms with Crippen molar-refractivity contribution in [2.24, 2.45) is 0 Å². The van der Waals surface area contributed by atoms with Gasteiger partial charge in [-0.15, -0.1) is 11.3 Å². The Bertz CT molecular complexity index is 583. The van der Waals surface area contributed by atoms with Gasteiger partial charge in [-0.1, -0.05) is 12.1 Å². The van der Waals surface area contributed by atoms with Crippen LogP contribution >= 0.6 is 33.9 Å². The monoisotopic (exact) mass is 390 g/mol. The standard InChI is InChI=1S/C13H12FIN2OS/c1-8-11(19-13(15)17-8)12(18)16-7-6-9-2-4-10(14)5-3-9/h2-5H,6-7H2,1H3,(H,16,18). The first-order valence-corrected chi connectivity index (χ1v) is 7.61. The van der Waals surface area contributed by atoms with Crippen LogP contribution in [0.25, 0.3) is 0 Å². The van der Waals surface area contributed by atoms with Crippen LogP contribution in [0.5, 0.6) is 0 Å². The maximum absolute atomic E-state index is 12.7. The van der Waals surface area contributed by atoms with Gasteiger partial charge >= 0.3 is 0 Å². The number of carbonyl (C=O) groups is 1. The molecular weight excluding hydrogens is 378 g/mol. The zero-order chi connectivity index (χ0) is 13.8. The van der Waals surface area contributed by atoms with E-state index >= 15 is 0 Å². The van der Waals surface area contributed by atoms with Crippen molar-refractivity contribution in [3.05, 3.63) is 49.2 Å². The molecule has 1 heterocycles. The molecule has 2 rings (SSSR count). The summed E-state index contributed by atoms with van der Waals surface area (Å²) in [4.78, 5) is 16.8. The molecule has 0 saturated heterocycles. The van der Waals surface area contributed by atoms with Crippen molar-refractivity contribution >= 4 is 39.8 Å². The number of nitrogens with zero attached hydrogens (tertiary/aromatic N) is 1. The fourth-order valence-electron chi connectivity index (χ4n) is 1.63. The highest BCUT2D eigenvalue weighted by molar-refractivity contribution is 14.1. The normalized spacial score (nSPS) is 10.5. The fraction of sp³-hybridized carbons (Fsp3) is 0.231. The van der Waals surface area contributed by atoms with E-state index in [0.29, 0.717) is 17.8 Å². The average Bonchev–Trinajstić information content (AvgIpc) is 2.71. The number of thiazole rings is 1. The second-order valence-corrected chi connectivity index (χ2v) is 6.77. The van der Waals surface area contributed by atoms with Crippen LogP contribution in [-0.2, 0) is 6.42 Å². The van der Waals surface area contributed by atoms with E-state index in [1.54, 1.807) is 12.1 Å². The van der Waals surface area contributed by atoms with Gasteiger partial charge in [0, 0.05) is 6.54 Å². The Labute approximate surface area is 128 Å². The van der Waals surface area contributed by atoms with Crippen molar-refractivity contribution < 1.29 is 9.18 Å². The summed E-state index contributed by atoms with van der Waals surface area (Å²) in [5.41, 5.74) is 1.76. The average molecular weight is 390 g/mol. The molecule has 1 aromatic heterocycles. The van der Waals surface area contributed by atoms with Crippen LogP contribution in [0.2, 0.25) is 0 Å². The first-order chi connectivity index (χ1) is 9.06. The van der Waals surface area contributed by atoms with Gasteiger partial charge in [-0.25, -0.2) is 9.37 Å². The highest BCUT2D eigenvalue weighted by Gasteiger charge is 2.13. The number of carbonyl (C=O) groups excluding carboxylic acids is 1. The Morgan fingerprint density at radius 2 is 2.11 bits per heavy atom. The van der Waals surface area contributed by atoms with Crippen molar-refractivity contribution in [3.8, 4) is 0 Å². The molecule has 0 unspecified atom stereocenters. The largest absolute Gasteiger partial charge is 0.351 e. The lowest BCUT2D eigenvalue weighted by atomic mass is 10.1. The number of aryl methyl sites for hydroxylation is 1. The molecule has 0 bridgehead atoms. The van der Waals surface area contributed by atoms with Crippen LogP contribution in [-0.4, -0.2) is 17.4 Å². The molecule has 1 aromatic carbocycles. The third-order valence-corrected chi connectivity index (χ3v) is 4.44. The lowest BCUT2D eigenvalue weighted by molar-refractivity contribution is 0.0957. The molecular formula is C13H12FIN2OS. The zero-order valence-electron chi connectivity index (χ0n) is 10.2. The Morgan fingerprint density at radius 3 is 2.68 bits per heavy atom. The van der Waals surface area contributed by atoms with Gasteiger partial charge in [0.05, 0.1) is 5.69 Å². The summed E-state index contributed by atoms with van der Waals surface area (Å²) in [6.07, 6.45) is 0.682. The molecule has 0 aliphatic rings.